The number of carbonyl (C=O) groups is 2. The molecule has 44 heavy (non-hydrogen) atoms. The number of nitrogens with one attached hydrogen (secondary N) is 1. The molecule has 5 N–H and O–H groups in total. The predicted octanol–water partition coefficient (Wildman–Crippen LogP) is 4.97. The van der Waals surface area contributed by atoms with Crippen LogP contribution in [0.2, 0.25) is 5.02 Å². The highest BCUT2D eigenvalue weighted by atomic mass is 35.5. The van der Waals surface area contributed by atoms with E-state index in [1.807, 2.05) is 0 Å². The van der Waals surface area contributed by atoms with Gasteiger partial charge in [-0.3, -0.25) is 9.59 Å². The summed E-state index contributed by atoms with van der Waals surface area (Å²) in [6.45, 7) is -1.37. The zero-order chi connectivity index (χ0) is 31.9. The first-order chi connectivity index (χ1) is 20.8. The Morgan fingerprint density at radius 3 is 2.57 bits per heavy atom. The number of primary amides is 1. The van der Waals surface area contributed by atoms with Crippen LogP contribution in [0.1, 0.15) is 52.9 Å². The largest absolute Gasteiger partial charge is 0.495 e. The molecule has 1 saturated carbocycles. The number of carbonyl (C=O) groups excluding carboxylic acids is 2. The van der Waals surface area contributed by atoms with E-state index in [1.165, 1.54) is 19.2 Å². The number of pyridine rings is 1. The molecule has 0 bridgehead atoms. The Labute approximate surface area is 254 Å². The fraction of sp³-hybridized carbons (Fsp3) is 0.333. The molecule has 0 saturated heterocycles. The van der Waals surface area contributed by atoms with Gasteiger partial charge in [0.25, 0.3) is 5.91 Å². The average Bonchev–Trinajstić information content (AvgIpc) is 3.76. The maximum Gasteiger partial charge on any atom is 0.331 e. The number of alkyl halides is 2. The second kappa shape index (κ2) is 11.9. The minimum absolute atomic E-state index is 0.0368. The van der Waals surface area contributed by atoms with Crippen molar-refractivity contribution in [2.24, 2.45) is 16.6 Å². The van der Waals surface area contributed by atoms with Gasteiger partial charge in [0.15, 0.2) is 11.6 Å². The van der Waals surface area contributed by atoms with Gasteiger partial charge in [-0.25, -0.2) is 18.8 Å². The van der Waals surface area contributed by atoms with E-state index in [-0.39, 0.29) is 69.6 Å². The van der Waals surface area contributed by atoms with Crippen molar-refractivity contribution in [2.45, 2.75) is 37.6 Å². The Kier molecular flexibility index (Phi) is 8.43. The second-order valence-corrected chi connectivity index (χ2v) is 11.3. The molecule has 0 unspecified atom stereocenters. The zero-order valence-electron chi connectivity index (χ0n) is 23.6. The molecular formula is C30H28ClF4N5O4. The van der Waals surface area contributed by atoms with Crippen LogP contribution in [-0.2, 0) is 10.2 Å². The van der Waals surface area contributed by atoms with E-state index in [0.717, 1.165) is 31.2 Å². The van der Waals surface area contributed by atoms with Crippen molar-refractivity contribution in [3.05, 3.63) is 69.4 Å². The number of ether oxygens (including phenoxy) is 2. The van der Waals surface area contributed by atoms with Gasteiger partial charge in [-0.15, -0.1) is 0 Å². The fourth-order valence-corrected chi connectivity index (χ4v) is 5.43. The number of hydrogen-bond acceptors (Lipinski definition) is 7. The molecule has 0 spiro atoms. The maximum absolute atomic E-state index is 14.4. The Bertz CT molecular complexity index is 1680. The number of nitrogen functional groups attached to an aromatic ring is 1. The Hall–Kier alpha value is -4.39. The molecule has 2 aliphatic rings. The fourth-order valence-electron chi connectivity index (χ4n) is 5.19. The second-order valence-electron chi connectivity index (χ2n) is 10.9. The molecule has 1 aliphatic heterocycles. The highest BCUT2D eigenvalue weighted by Crippen LogP contribution is 2.49. The van der Waals surface area contributed by atoms with Crippen molar-refractivity contribution in [1.29, 1.82) is 0 Å². The van der Waals surface area contributed by atoms with Gasteiger partial charge in [-0.1, -0.05) is 11.6 Å². The van der Waals surface area contributed by atoms with Crippen LogP contribution in [-0.4, -0.2) is 49.8 Å². The third-order valence-electron chi connectivity index (χ3n) is 7.94. The van der Waals surface area contributed by atoms with Crippen molar-refractivity contribution >= 4 is 35.3 Å². The highest BCUT2D eigenvalue weighted by molar-refractivity contribution is 6.33. The highest BCUT2D eigenvalue weighted by Gasteiger charge is 2.45. The van der Waals surface area contributed by atoms with Crippen LogP contribution in [0, 0.1) is 17.6 Å². The summed E-state index contributed by atoms with van der Waals surface area (Å²) in [4.78, 5) is 33.6. The van der Waals surface area contributed by atoms with E-state index in [2.05, 4.69) is 10.3 Å². The summed E-state index contributed by atoms with van der Waals surface area (Å²) in [5, 5.41) is 2.73. The SMILES string of the molecule is COc1cc(C(=O)NC[C@H](c2cc3c(c(-c4cc(F)c(F)cc4Cl)n2)OC[C@]3(C)C(N)=O)C2CC2)cc(/C=N/C(F)F)c1N. The molecule has 2 heterocycles. The molecule has 9 nitrogen and oxygen atoms in total. The normalized spacial score (nSPS) is 18.3. The van der Waals surface area contributed by atoms with Gasteiger partial charge >= 0.3 is 6.55 Å². The van der Waals surface area contributed by atoms with Crippen LogP contribution in [0.5, 0.6) is 11.5 Å². The number of rotatable bonds is 10. The molecule has 2 atom stereocenters. The molecular weight excluding hydrogens is 606 g/mol. The van der Waals surface area contributed by atoms with Crippen LogP contribution in [0.15, 0.2) is 35.3 Å². The average molecular weight is 634 g/mol. The van der Waals surface area contributed by atoms with Crippen molar-refractivity contribution < 1.29 is 36.6 Å². The Morgan fingerprint density at radius 2 is 1.93 bits per heavy atom. The number of halogens is 5. The smallest absolute Gasteiger partial charge is 0.331 e. The first-order valence-corrected chi connectivity index (χ1v) is 13.9. The summed E-state index contributed by atoms with van der Waals surface area (Å²) in [6.07, 6.45) is 2.52. The minimum Gasteiger partial charge on any atom is -0.495 e. The van der Waals surface area contributed by atoms with Gasteiger partial charge in [0.2, 0.25) is 5.91 Å². The number of benzene rings is 2. The lowest BCUT2D eigenvalue weighted by molar-refractivity contribution is -0.123. The predicted molar refractivity (Wildman–Crippen MR) is 155 cm³/mol. The number of aliphatic imine (C=N–C) groups is 1. The van der Waals surface area contributed by atoms with E-state index in [4.69, 9.17) is 37.5 Å². The van der Waals surface area contributed by atoms with Gasteiger partial charge in [0, 0.05) is 46.6 Å². The summed E-state index contributed by atoms with van der Waals surface area (Å²) < 4.78 is 64.7. The van der Waals surface area contributed by atoms with E-state index in [1.54, 1.807) is 13.0 Å². The zero-order valence-corrected chi connectivity index (χ0v) is 24.4. The Balaban J connectivity index is 1.53. The maximum atomic E-state index is 14.4. The number of amides is 2. The van der Waals surface area contributed by atoms with E-state index in [0.29, 0.717) is 11.3 Å². The van der Waals surface area contributed by atoms with Crippen LogP contribution in [0.25, 0.3) is 11.3 Å². The van der Waals surface area contributed by atoms with Crippen LogP contribution in [0.3, 0.4) is 0 Å². The molecule has 2 aromatic carbocycles. The quantitative estimate of drug-likeness (QED) is 0.0946. The molecule has 3 aromatic rings. The number of fused-ring (bicyclic) bond motifs is 1. The molecule has 14 heteroatoms. The molecule has 1 aliphatic carbocycles. The number of anilines is 1. The summed E-state index contributed by atoms with van der Waals surface area (Å²) in [6, 6.07) is 6.12. The molecule has 5 rings (SSSR count). The van der Waals surface area contributed by atoms with E-state index in [9.17, 15) is 27.2 Å². The third-order valence-corrected chi connectivity index (χ3v) is 8.25. The standard InChI is InChI=1S/C30H28ClF4N5O4/c1-30(28(37)42)12-44-26-18(30)8-22(40-25(26)16-7-20(32)21(33)9-19(16)31)17(13-3-4-13)11-38-27(41)14-5-15(10-39-29(34)35)24(36)23(6-14)43-2/h5-10,13,17,29H,3-4,11-12,36H2,1-2H3,(H2,37,42)(H,38,41)/b39-10+/t17-,30-/m0/s1. The topological polar surface area (TPSA) is 142 Å². The minimum atomic E-state index is -2.97. The van der Waals surface area contributed by atoms with Crippen molar-refractivity contribution in [1.82, 2.24) is 10.3 Å². The lowest BCUT2D eigenvalue weighted by Gasteiger charge is -2.22. The molecule has 1 fully saturated rings. The molecule has 232 valence electrons. The van der Waals surface area contributed by atoms with Crippen LogP contribution >= 0.6 is 11.6 Å². The number of methoxy groups -OCH3 is 1. The van der Waals surface area contributed by atoms with Gasteiger partial charge in [0.05, 0.1) is 17.8 Å². The van der Waals surface area contributed by atoms with E-state index < -0.39 is 35.4 Å². The summed E-state index contributed by atoms with van der Waals surface area (Å²) in [5.74, 6) is -3.49. The monoisotopic (exact) mass is 633 g/mol. The van der Waals surface area contributed by atoms with Crippen LogP contribution in [0.4, 0.5) is 23.2 Å². The van der Waals surface area contributed by atoms with Gasteiger partial charge in [0.1, 0.15) is 29.2 Å². The van der Waals surface area contributed by atoms with E-state index >= 15 is 0 Å². The van der Waals surface area contributed by atoms with Gasteiger partial charge in [-0.05, 0) is 56.0 Å². The Morgan fingerprint density at radius 1 is 1.23 bits per heavy atom. The first-order valence-electron chi connectivity index (χ1n) is 13.5. The molecule has 1 aromatic heterocycles. The summed E-state index contributed by atoms with van der Waals surface area (Å²) in [7, 11) is 1.32. The molecule has 0 radical (unpaired) electrons. The third kappa shape index (κ3) is 5.88. The van der Waals surface area contributed by atoms with Crippen molar-refractivity contribution in [3.63, 3.8) is 0 Å². The lowest BCUT2D eigenvalue weighted by atomic mass is 9.82. The van der Waals surface area contributed by atoms with Crippen LogP contribution < -0.4 is 26.3 Å². The number of nitrogens with zero attached hydrogens (tertiary/aromatic N) is 2. The van der Waals surface area contributed by atoms with Crippen molar-refractivity contribution in [2.75, 3.05) is 26.0 Å². The summed E-state index contributed by atoms with van der Waals surface area (Å²) >= 11 is 6.32. The lowest BCUT2D eigenvalue weighted by Crippen LogP contribution is -2.40. The number of nitrogens with two attached hydrogens (primary N) is 2. The molecule has 2 amide bonds. The first kappa shape index (κ1) is 31.0. The van der Waals surface area contributed by atoms with Gasteiger partial charge < -0.3 is 26.3 Å². The van der Waals surface area contributed by atoms with Gasteiger partial charge in [-0.2, -0.15) is 8.78 Å². The summed E-state index contributed by atoms with van der Waals surface area (Å²) in [5.41, 5.74) is 11.7. The van der Waals surface area contributed by atoms with Crippen molar-refractivity contribution in [3.8, 4) is 22.8 Å². The number of aromatic nitrogens is 1. The number of hydrogen-bond donors (Lipinski definition) is 3.